The van der Waals surface area contributed by atoms with Gasteiger partial charge in [-0.2, -0.15) is 0 Å². The van der Waals surface area contributed by atoms with Crippen LogP contribution in [0.15, 0.2) is 11.6 Å². The Bertz CT molecular complexity index is 143. The molecule has 0 spiro atoms. The van der Waals surface area contributed by atoms with Gasteiger partial charge in [0.05, 0.1) is 0 Å². The van der Waals surface area contributed by atoms with Crippen molar-refractivity contribution in [2.45, 2.75) is 13.8 Å². The van der Waals surface area contributed by atoms with Crippen LogP contribution in [0.25, 0.3) is 0 Å². The molecule has 0 radical (unpaired) electrons. The molecule has 0 aliphatic heterocycles. The second-order valence-electron chi connectivity index (χ2n) is 3.93. The van der Waals surface area contributed by atoms with E-state index in [-0.39, 0.29) is 5.41 Å². The van der Waals surface area contributed by atoms with Crippen molar-refractivity contribution in [2.24, 2.45) is 11.1 Å². The highest BCUT2D eigenvalue weighted by Gasteiger charge is 2.16. The van der Waals surface area contributed by atoms with Crippen molar-refractivity contribution < 1.29 is 0 Å². The van der Waals surface area contributed by atoms with Gasteiger partial charge in [0.2, 0.25) is 0 Å². The van der Waals surface area contributed by atoms with Crippen LogP contribution in [-0.4, -0.2) is 31.6 Å². The molecule has 0 unspecified atom stereocenters. The number of halogens is 1. The van der Waals surface area contributed by atoms with Crippen molar-refractivity contribution >= 4 is 11.6 Å². The molecule has 0 saturated carbocycles. The Morgan fingerprint density at radius 2 is 2.08 bits per heavy atom. The second-order valence-corrected chi connectivity index (χ2v) is 4.18. The van der Waals surface area contributed by atoms with Gasteiger partial charge in [0.15, 0.2) is 0 Å². The Balaban J connectivity index is 3.75. The van der Waals surface area contributed by atoms with E-state index in [1.165, 1.54) is 0 Å². The van der Waals surface area contributed by atoms with Crippen molar-refractivity contribution in [2.75, 3.05) is 26.7 Å². The lowest BCUT2D eigenvalue weighted by atomic mass is 9.93. The summed E-state index contributed by atoms with van der Waals surface area (Å²) < 4.78 is 0. The highest BCUT2D eigenvalue weighted by Crippen LogP contribution is 2.13. The molecule has 0 aromatic heterocycles. The first-order valence-electron chi connectivity index (χ1n) is 4.15. The van der Waals surface area contributed by atoms with Gasteiger partial charge in [-0.05, 0) is 19.0 Å². The largest absolute Gasteiger partial charge is 0.330 e. The van der Waals surface area contributed by atoms with E-state index in [1.807, 2.05) is 6.08 Å². The fourth-order valence-corrected chi connectivity index (χ4v) is 1.16. The fourth-order valence-electron chi connectivity index (χ4n) is 1.08. The molecule has 12 heavy (non-hydrogen) atoms. The summed E-state index contributed by atoms with van der Waals surface area (Å²) >= 11 is 5.42. The SMILES string of the molecule is CN(CC=CCl)CC(C)(C)CN. The first-order valence-corrected chi connectivity index (χ1v) is 4.59. The minimum Gasteiger partial charge on any atom is -0.330 e. The molecular formula is C9H19ClN2. The zero-order chi connectivity index (χ0) is 9.61. The third-order valence-corrected chi connectivity index (χ3v) is 1.93. The van der Waals surface area contributed by atoms with Gasteiger partial charge in [-0.3, -0.25) is 0 Å². The standard InChI is InChI=1S/C9H19ClN2/c1-9(2,7-11)8-12(3)6-4-5-10/h4-5H,6-8,11H2,1-3H3. The topological polar surface area (TPSA) is 29.3 Å². The van der Waals surface area contributed by atoms with E-state index in [0.29, 0.717) is 6.54 Å². The van der Waals surface area contributed by atoms with Crippen LogP contribution in [-0.2, 0) is 0 Å². The minimum absolute atomic E-state index is 0.189. The average molecular weight is 191 g/mol. The minimum atomic E-state index is 0.189. The van der Waals surface area contributed by atoms with E-state index in [0.717, 1.165) is 13.1 Å². The van der Waals surface area contributed by atoms with Crippen LogP contribution in [0.3, 0.4) is 0 Å². The van der Waals surface area contributed by atoms with Crippen LogP contribution >= 0.6 is 11.6 Å². The maximum Gasteiger partial charge on any atom is 0.0171 e. The molecule has 0 aliphatic carbocycles. The highest BCUT2D eigenvalue weighted by molar-refractivity contribution is 6.25. The van der Waals surface area contributed by atoms with Gasteiger partial charge in [0.1, 0.15) is 0 Å². The maximum absolute atomic E-state index is 5.61. The van der Waals surface area contributed by atoms with Crippen LogP contribution in [0.4, 0.5) is 0 Å². The van der Waals surface area contributed by atoms with Crippen molar-refractivity contribution in [3.63, 3.8) is 0 Å². The lowest BCUT2D eigenvalue weighted by Crippen LogP contribution is -2.36. The predicted octanol–water partition coefficient (Wildman–Crippen LogP) is 1.66. The third-order valence-electron chi connectivity index (χ3n) is 1.76. The predicted molar refractivity (Wildman–Crippen MR) is 55.3 cm³/mol. The van der Waals surface area contributed by atoms with E-state index < -0.39 is 0 Å². The summed E-state index contributed by atoms with van der Waals surface area (Å²) in [5, 5.41) is 0. The molecule has 0 amide bonds. The number of likely N-dealkylation sites (N-methyl/N-ethyl adjacent to an activating group) is 1. The van der Waals surface area contributed by atoms with Gasteiger partial charge < -0.3 is 10.6 Å². The summed E-state index contributed by atoms with van der Waals surface area (Å²) in [6.07, 6.45) is 1.92. The molecule has 0 rings (SSSR count). The second kappa shape index (κ2) is 5.57. The molecule has 0 atom stereocenters. The Hall–Kier alpha value is -0.0500. The molecule has 72 valence electrons. The summed E-state index contributed by atoms with van der Waals surface area (Å²) in [4.78, 5) is 2.20. The molecule has 2 N–H and O–H groups in total. The van der Waals surface area contributed by atoms with Crippen LogP contribution in [0.5, 0.6) is 0 Å². The quantitative estimate of drug-likeness (QED) is 0.715. The van der Waals surface area contributed by atoms with Gasteiger partial charge in [-0.1, -0.05) is 31.5 Å². The molecule has 0 fully saturated rings. The lowest BCUT2D eigenvalue weighted by Gasteiger charge is -2.28. The van der Waals surface area contributed by atoms with E-state index in [1.54, 1.807) is 5.54 Å². The van der Waals surface area contributed by atoms with Crippen LogP contribution in [0.1, 0.15) is 13.8 Å². The maximum atomic E-state index is 5.61. The van der Waals surface area contributed by atoms with Crippen LogP contribution in [0.2, 0.25) is 0 Å². The smallest absolute Gasteiger partial charge is 0.0171 e. The number of nitrogens with zero attached hydrogens (tertiary/aromatic N) is 1. The van der Waals surface area contributed by atoms with Crippen molar-refractivity contribution in [3.05, 3.63) is 11.6 Å². The molecule has 3 heteroatoms. The lowest BCUT2D eigenvalue weighted by molar-refractivity contribution is 0.231. The van der Waals surface area contributed by atoms with E-state index in [4.69, 9.17) is 17.3 Å². The molecule has 0 aromatic rings. The number of hydrogen-bond donors (Lipinski definition) is 1. The normalized spacial score (nSPS) is 13.2. The summed E-state index contributed by atoms with van der Waals surface area (Å²) in [6.45, 7) is 6.90. The summed E-state index contributed by atoms with van der Waals surface area (Å²) in [6, 6.07) is 0. The number of rotatable bonds is 5. The van der Waals surface area contributed by atoms with Gasteiger partial charge in [-0.15, -0.1) is 0 Å². The molecular weight excluding hydrogens is 172 g/mol. The van der Waals surface area contributed by atoms with Gasteiger partial charge in [0.25, 0.3) is 0 Å². The summed E-state index contributed by atoms with van der Waals surface area (Å²) in [5.41, 5.74) is 7.35. The number of nitrogens with two attached hydrogens (primary N) is 1. The highest BCUT2D eigenvalue weighted by atomic mass is 35.5. The molecule has 0 aliphatic rings. The van der Waals surface area contributed by atoms with E-state index in [9.17, 15) is 0 Å². The number of hydrogen-bond acceptors (Lipinski definition) is 2. The van der Waals surface area contributed by atoms with E-state index >= 15 is 0 Å². The van der Waals surface area contributed by atoms with Gasteiger partial charge in [0, 0.05) is 18.6 Å². The van der Waals surface area contributed by atoms with Gasteiger partial charge >= 0.3 is 0 Å². The van der Waals surface area contributed by atoms with E-state index in [2.05, 4.69) is 25.8 Å². The fraction of sp³-hybridized carbons (Fsp3) is 0.778. The Kier molecular flexibility index (Phi) is 5.55. The Labute approximate surface area is 80.4 Å². The van der Waals surface area contributed by atoms with Gasteiger partial charge in [-0.25, -0.2) is 0 Å². The molecule has 0 saturated heterocycles. The van der Waals surface area contributed by atoms with Crippen molar-refractivity contribution in [3.8, 4) is 0 Å². The van der Waals surface area contributed by atoms with Crippen LogP contribution in [0, 0.1) is 5.41 Å². The zero-order valence-corrected chi connectivity index (χ0v) is 8.93. The molecule has 0 heterocycles. The first-order chi connectivity index (χ1) is 5.52. The Morgan fingerprint density at radius 1 is 1.50 bits per heavy atom. The third kappa shape index (κ3) is 5.58. The molecule has 2 nitrogen and oxygen atoms in total. The van der Waals surface area contributed by atoms with Crippen LogP contribution < -0.4 is 5.73 Å². The van der Waals surface area contributed by atoms with Crippen molar-refractivity contribution in [1.29, 1.82) is 0 Å². The summed E-state index contributed by atoms with van der Waals surface area (Å²) in [7, 11) is 2.06. The summed E-state index contributed by atoms with van der Waals surface area (Å²) in [5.74, 6) is 0. The molecule has 0 bridgehead atoms. The monoisotopic (exact) mass is 190 g/mol. The zero-order valence-electron chi connectivity index (χ0n) is 8.18. The first kappa shape index (κ1) is 11.9. The molecule has 0 aromatic carbocycles. The Morgan fingerprint density at radius 3 is 2.50 bits per heavy atom. The van der Waals surface area contributed by atoms with Crippen molar-refractivity contribution in [1.82, 2.24) is 4.90 Å². The average Bonchev–Trinajstić information content (AvgIpc) is 2.00.